The second kappa shape index (κ2) is 36.9. The highest BCUT2D eigenvalue weighted by atomic mass is 31.2. The number of phosphoric acid groups is 1. The molecule has 0 heterocycles. The molecule has 0 bridgehead atoms. The molecule has 12 heteroatoms. The highest BCUT2D eigenvalue weighted by molar-refractivity contribution is 7.47. The van der Waals surface area contributed by atoms with Gasteiger partial charge in [0.2, 0.25) is 5.91 Å². The van der Waals surface area contributed by atoms with Gasteiger partial charge in [-0.05, 0) is 38.5 Å². The average Bonchev–Trinajstić information content (AvgIpc) is 3.13. The topological polar surface area (TPSA) is 169 Å². The Morgan fingerprint density at radius 3 is 1.58 bits per heavy atom. The van der Waals surface area contributed by atoms with Gasteiger partial charge in [0.1, 0.15) is 12.7 Å². The lowest BCUT2D eigenvalue weighted by molar-refractivity contribution is -0.147. The summed E-state index contributed by atoms with van der Waals surface area (Å²) in [5.41, 5.74) is 0. The summed E-state index contributed by atoms with van der Waals surface area (Å²) < 4.78 is 26.8. The van der Waals surface area contributed by atoms with Gasteiger partial charge >= 0.3 is 19.8 Å². The van der Waals surface area contributed by atoms with Gasteiger partial charge in [-0.15, -0.1) is 0 Å². The van der Waals surface area contributed by atoms with Gasteiger partial charge in [-0.3, -0.25) is 18.6 Å². The minimum Gasteiger partial charge on any atom is -0.480 e. The molecule has 0 aromatic carbocycles. The minimum atomic E-state index is -4.75. The minimum absolute atomic E-state index is 0.131. The summed E-state index contributed by atoms with van der Waals surface area (Å²) in [6, 6.07) is -1.55. The van der Waals surface area contributed by atoms with Gasteiger partial charge in [0.25, 0.3) is 0 Å². The van der Waals surface area contributed by atoms with Gasteiger partial charge in [-0.25, -0.2) is 9.36 Å². The zero-order valence-electron chi connectivity index (χ0n) is 33.3. The summed E-state index contributed by atoms with van der Waals surface area (Å²) in [5, 5.41) is 21.8. The maximum absolute atomic E-state index is 12.3. The lowest BCUT2D eigenvalue weighted by Crippen LogP contribution is -2.43. The fourth-order valence-corrected chi connectivity index (χ4v) is 6.46. The molecule has 0 aliphatic heterocycles. The smallest absolute Gasteiger partial charge is 0.472 e. The molecule has 0 spiro atoms. The van der Waals surface area contributed by atoms with Crippen LogP contribution in [0.25, 0.3) is 0 Å². The Kier molecular flexibility index (Phi) is 35.5. The number of aliphatic hydroxyl groups excluding tert-OH is 1. The summed E-state index contributed by atoms with van der Waals surface area (Å²) in [6.07, 6.45) is 36.3. The standard InChI is InChI=1S/C41H76NO10P/c1-3-5-7-9-11-13-15-17-19-21-23-25-27-29-31-33-40(45)50-34-37(43)35-51-53(48,49)52-36-38(41(46)47)42-39(44)32-30-28-26-24-22-20-18-16-14-12-10-8-6-4-2/h10,12,16,18,37-38,43H,3-9,11,13-15,17,19-36H2,1-2H3,(H,42,44)(H,46,47)(H,48,49)/b12-10-,18-16-. The van der Waals surface area contributed by atoms with E-state index in [1.54, 1.807) is 0 Å². The predicted molar refractivity (Wildman–Crippen MR) is 213 cm³/mol. The fourth-order valence-electron chi connectivity index (χ4n) is 5.68. The number of hydrogen-bond acceptors (Lipinski definition) is 8. The van der Waals surface area contributed by atoms with Crippen molar-refractivity contribution in [1.29, 1.82) is 0 Å². The van der Waals surface area contributed by atoms with Crippen LogP contribution in [-0.4, -0.2) is 64.9 Å². The van der Waals surface area contributed by atoms with E-state index in [1.807, 2.05) is 0 Å². The Bertz CT molecular complexity index is 1010. The number of phosphoric ester groups is 1. The molecule has 0 rings (SSSR count). The van der Waals surface area contributed by atoms with E-state index in [0.29, 0.717) is 12.8 Å². The van der Waals surface area contributed by atoms with Crippen LogP contribution in [0.1, 0.15) is 187 Å². The molecule has 3 unspecified atom stereocenters. The monoisotopic (exact) mass is 774 g/mol. The first-order chi connectivity index (χ1) is 25.6. The summed E-state index contributed by atoms with van der Waals surface area (Å²) in [4.78, 5) is 45.8. The Morgan fingerprint density at radius 1 is 0.604 bits per heavy atom. The molecule has 0 saturated carbocycles. The number of hydrogen-bond donors (Lipinski definition) is 4. The number of amides is 1. The van der Waals surface area contributed by atoms with Gasteiger partial charge < -0.3 is 25.2 Å². The van der Waals surface area contributed by atoms with Crippen molar-refractivity contribution in [3.05, 3.63) is 24.3 Å². The summed E-state index contributed by atoms with van der Waals surface area (Å²) >= 11 is 0. The molecule has 0 radical (unpaired) electrons. The maximum Gasteiger partial charge on any atom is 0.472 e. The van der Waals surface area contributed by atoms with E-state index in [4.69, 9.17) is 13.8 Å². The highest BCUT2D eigenvalue weighted by Gasteiger charge is 2.28. The number of rotatable bonds is 39. The molecule has 1 amide bonds. The van der Waals surface area contributed by atoms with Crippen LogP contribution in [0.4, 0.5) is 0 Å². The third-order valence-electron chi connectivity index (χ3n) is 8.99. The lowest BCUT2D eigenvalue weighted by atomic mass is 10.0. The molecule has 53 heavy (non-hydrogen) atoms. The molecule has 310 valence electrons. The van der Waals surface area contributed by atoms with Crippen LogP contribution in [-0.2, 0) is 32.7 Å². The largest absolute Gasteiger partial charge is 0.480 e. The van der Waals surface area contributed by atoms with E-state index < -0.39 is 57.6 Å². The molecule has 3 atom stereocenters. The van der Waals surface area contributed by atoms with E-state index in [1.165, 1.54) is 83.5 Å². The number of carbonyl (C=O) groups excluding carboxylic acids is 2. The van der Waals surface area contributed by atoms with Crippen LogP contribution >= 0.6 is 7.82 Å². The van der Waals surface area contributed by atoms with Crippen molar-refractivity contribution in [2.75, 3.05) is 19.8 Å². The molecule has 0 fully saturated rings. The van der Waals surface area contributed by atoms with Crippen LogP contribution in [0.2, 0.25) is 0 Å². The quantitative estimate of drug-likeness (QED) is 0.0204. The van der Waals surface area contributed by atoms with Crippen molar-refractivity contribution >= 4 is 25.7 Å². The van der Waals surface area contributed by atoms with Gasteiger partial charge in [-0.2, -0.15) is 0 Å². The van der Waals surface area contributed by atoms with Gasteiger partial charge in [-0.1, -0.05) is 160 Å². The van der Waals surface area contributed by atoms with Crippen molar-refractivity contribution < 1.29 is 47.8 Å². The number of nitrogens with one attached hydrogen (secondary N) is 1. The number of carboxylic acids is 1. The number of allylic oxidation sites excluding steroid dienone is 4. The lowest BCUT2D eigenvalue weighted by Gasteiger charge is -2.18. The van der Waals surface area contributed by atoms with Crippen molar-refractivity contribution in [1.82, 2.24) is 5.32 Å². The van der Waals surface area contributed by atoms with Crippen molar-refractivity contribution in [2.45, 2.75) is 199 Å². The second-order valence-corrected chi connectivity index (χ2v) is 15.6. The first-order valence-electron chi connectivity index (χ1n) is 20.9. The Morgan fingerprint density at radius 2 is 1.06 bits per heavy atom. The number of aliphatic hydroxyl groups is 1. The van der Waals surface area contributed by atoms with Crippen molar-refractivity contribution in [3.8, 4) is 0 Å². The van der Waals surface area contributed by atoms with Crippen LogP contribution in [0.3, 0.4) is 0 Å². The molecular formula is C41H76NO10P. The Balaban J connectivity index is 3.93. The van der Waals surface area contributed by atoms with Crippen molar-refractivity contribution in [2.24, 2.45) is 0 Å². The van der Waals surface area contributed by atoms with E-state index in [9.17, 15) is 34.1 Å². The SMILES string of the molecule is CCCC/C=C\C/C=C\CCCCCCCC(=O)NC(COP(=O)(O)OCC(O)COC(=O)CCCCCCCCCCCCCCCCC)C(=O)O. The molecule has 4 N–H and O–H groups in total. The van der Waals surface area contributed by atoms with Crippen molar-refractivity contribution in [3.63, 3.8) is 0 Å². The molecule has 0 aromatic heterocycles. The van der Waals surface area contributed by atoms with Crippen LogP contribution in [0.5, 0.6) is 0 Å². The predicted octanol–water partition coefficient (Wildman–Crippen LogP) is 10.3. The number of ether oxygens (including phenoxy) is 1. The zero-order chi connectivity index (χ0) is 39.3. The molecule has 0 aliphatic rings. The third kappa shape index (κ3) is 36.7. The van der Waals surface area contributed by atoms with Gasteiger partial charge in [0, 0.05) is 12.8 Å². The molecule has 0 saturated heterocycles. The summed E-state index contributed by atoms with van der Waals surface area (Å²) in [6.45, 7) is 2.54. The summed E-state index contributed by atoms with van der Waals surface area (Å²) in [7, 11) is -4.75. The highest BCUT2D eigenvalue weighted by Crippen LogP contribution is 2.43. The van der Waals surface area contributed by atoms with Crippen LogP contribution in [0, 0.1) is 0 Å². The maximum atomic E-state index is 12.3. The Hall–Kier alpha value is -2.04. The number of carboxylic acid groups (broad SMARTS) is 1. The number of carbonyl (C=O) groups is 3. The molecule has 0 aromatic rings. The van der Waals surface area contributed by atoms with Crippen LogP contribution < -0.4 is 5.32 Å². The second-order valence-electron chi connectivity index (χ2n) is 14.2. The van der Waals surface area contributed by atoms with Crippen LogP contribution in [0.15, 0.2) is 24.3 Å². The molecule has 0 aliphatic carbocycles. The average molecular weight is 774 g/mol. The fraction of sp³-hybridized carbons (Fsp3) is 0.829. The normalized spacial score (nSPS) is 14.0. The van der Waals surface area contributed by atoms with Gasteiger partial charge in [0.15, 0.2) is 6.04 Å². The third-order valence-corrected chi connectivity index (χ3v) is 9.94. The molecule has 11 nitrogen and oxygen atoms in total. The van der Waals surface area contributed by atoms with E-state index >= 15 is 0 Å². The first kappa shape index (κ1) is 51.0. The van der Waals surface area contributed by atoms with E-state index in [-0.39, 0.29) is 12.8 Å². The number of unbranched alkanes of at least 4 members (excludes halogenated alkanes) is 21. The first-order valence-corrected chi connectivity index (χ1v) is 22.4. The summed E-state index contributed by atoms with van der Waals surface area (Å²) in [5.74, 6) is -2.39. The number of aliphatic carboxylic acids is 1. The Labute approximate surface area is 321 Å². The zero-order valence-corrected chi connectivity index (χ0v) is 34.2. The van der Waals surface area contributed by atoms with E-state index in [0.717, 1.165) is 64.2 Å². The molecular weight excluding hydrogens is 697 g/mol. The number of esters is 1. The van der Waals surface area contributed by atoms with E-state index in [2.05, 4.69) is 43.5 Å². The van der Waals surface area contributed by atoms with Gasteiger partial charge in [0.05, 0.1) is 13.2 Å².